The maximum atomic E-state index is 2.37. The molecule has 2 aromatic carbocycles. The molecule has 3 rings (SSSR count). The normalized spacial score (nSPS) is 13.1. The highest BCUT2D eigenvalue weighted by molar-refractivity contribution is 5.79. The first-order valence-electron chi connectivity index (χ1n) is 6.77. The fourth-order valence-corrected chi connectivity index (χ4v) is 3.49. The van der Waals surface area contributed by atoms with Gasteiger partial charge in [0.25, 0.3) is 0 Å². The fourth-order valence-electron chi connectivity index (χ4n) is 3.49. The van der Waals surface area contributed by atoms with Gasteiger partial charge in [0, 0.05) is 0 Å². The lowest BCUT2D eigenvalue weighted by molar-refractivity contribution is 0.930. The molecule has 18 heavy (non-hydrogen) atoms. The van der Waals surface area contributed by atoms with E-state index in [-0.39, 0.29) is 0 Å². The van der Waals surface area contributed by atoms with Gasteiger partial charge in [-0.05, 0) is 73.9 Å². The van der Waals surface area contributed by atoms with Gasteiger partial charge >= 0.3 is 0 Å². The Bertz CT molecular complexity index is 575. The van der Waals surface area contributed by atoms with Gasteiger partial charge in [0.05, 0.1) is 0 Å². The summed E-state index contributed by atoms with van der Waals surface area (Å²) in [5.74, 6) is 0. The van der Waals surface area contributed by atoms with E-state index >= 15 is 0 Å². The first-order valence-corrected chi connectivity index (χ1v) is 6.77. The molecule has 0 saturated carbocycles. The lowest BCUT2D eigenvalue weighted by Gasteiger charge is -2.25. The Hall–Kier alpha value is -1.56. The van der Waals surface area contributed by atoms with Gasteiger partial charge in [0.15, 0.2) is 0 Å². The summed E-state index contributed by atoms with van der Waals surface area (Å²) in [6.07, 6.45) is 2.38. The van der Waals surface area contributed by atoms with Gasteiger partial charge in [0.1, 0.15) is 0 Å². The van der Waals surface area contributed by atoms with Crippen molar-refractivity contribution in [1.82, 2.24) is 0 Å². The molecule has 0 fully saturated rings. The zero-order valence-electron chi connectivity index (χ0n) is 11.7. The molecule has 0 heteroatoms. The van der Waals surface area contributed by atoms with Crippen molar-refractivity contribution < 1.29 is 0 Å². The van der Waals surface area contributed by atoms with Crippen molar-refractivity contribution in [3.8, 4) is 11.1 Å². The molecule has 0 amide bonds. The van der Waals surface area contributed by atoms with Crippen molar-refractivity contribution in [2.75, 3.05) is 0 Å². The summed E-state index contributed by atoms with van der Waals surface area (Å²) in [5, 5.41) is 0. The number of rotatable bonds is 0. The van der Waals surface area contributed by atoms with Gasteiger partial charge in [-0.3, -0.25) is 0 Å². The summed E-state index contributed by atoms with van der Waals surface area (Å²) in [6.45, 7) is 8.90. The van der Waals surface area contributed by atoms with Crippen LogP contribution >= 0.6 is 0 Å². The fraction of sp³-hybridized carbons (Fsp3) is 0.333. The van der Waals surface area contributed by atoms with Crippen molar-refractivity contribution >= 4 is 0 Å². The number of benzene rings is 2. The van der Waals surface area contributed by atoms with E-state index in [9.17, 15) is 0 Å². The van der Waals surface area contributed by atoms with E-state index in [4.69, 9.17) is 0 Å². The van der Waals surface area contributed by atoms with Crippen LogP contribution in [-0.4, -0.2) is 0 Å². The third-order valence-electron chi connectivity index (χ3n) is 4.04. The van der Waals surface area contributed by atoms with Crippen molar-refractivity contribution in [3.05, 3.63) is 57.6 Å². The van der Waals surface area contributed by atoms with Crippen LogP contribution in [0.1, 0.15) is 33.4 Å². The molecule has 0 unspecified atom stereocenters. The Morgan fingerprint density at radius 3 is 1.39 bits per heavy atom. The predicted molar refractivity (Wildman–Crippen MR) is 78.2 cm³/mol. The minimum atomic E-state index is 1.19. The summed E-state index contributed by atoms with van der Waals surface area (Å²) >= 11 is 0. The molecule has 0 N–H and O–H groups in total. The second kappa shape index (κ2) is 3.98. The summed E-state index contributed by atoms with van der Waals surface area (Å²) in [5.41, 5.74) is 11.7. The zero-order valence-corrected chi connectivity index (χ0v) is 11.7. The van der Waals surface area contributed by atoms with Gasteiger partial charge in [0.2, 0.25) is 0 Å². The Balaban J connectivity index is 2.35. The molecule has 92 valence electrons. The van der Waals surface area contributed by atoms with Gasteiger partial charge in [-0.1, -0.05) is 35.4 Å². The van der Waals surface area contributed by atoms with E-state index in [1.54, 1.807) is 0 Å². The number of fused-ring (bicyclic) bond motifs is 3. The SMILES string of the molecule is Cc1cc(C)c2c(c1)CCc1cc(C)cc(C)c1-2. The molecule has 0 radical (unpaired) electrons. The first-order chi connectivity index (χ1) is 8.56. The maximum absolute atomic E-state index is 2.37. The average molecular weight is 236 g/mol. The van der Waals surface area contributed by atoms with Crippen molar-refractivity contribution in [2.24, 2.45) is 0 Å². The smallest absolute Gasteiger partial charge is 0.0117 e. The molecule has 0 heterocycles. The molecule has 0 aliphatic heterocycles. The second-order valence-corrected chi connectivity index (χ2v) is 5.73. The van der Waals surface area contributed by atoms with Crippen LogP contribution < -0.4 is 0 Å². The molecule has 0 aromatic heterocycles. The highest BCUT2D eigenvalue weighted by atomic mass is 14.2. The van der Waals surface area contributed by atoms with E-state index in [0.717, 1.165) is 0 Å². The quantitative estimate of drug-likeness (QED) is 0.622. The molecule has 0 bridgehead atoms. The van der Waals surface area contributed by atoms with Crippen LogP contribution in [0.25, 0.3) is 11.1 Å². The van der Waals surface area contributed by atoms with Crippen LogP contribution in [0.3, 0.4) is 0 Å². The number of aryl methyl sites for hydroxylation is 6. The summed E-state index contributed by atoms with van der Waals surface area (Å²) in [4.78, 5) is 0. The lowest BCUT2D eigenvalue weighted by atomic mass is 9.80. The van der Waals surface area contributed by atoms with Gasteiger partial charge in [-0.15, -0.1) is 0 Å². The van der Waals surface area contributed by atoms with Crippen LogP contribution in [0.2, 0.25) is 0 Å². The van der Waals surface area contributed by atoms with E-state index in [1.165, 1.54) is 57.3 Å². The van der Waals surface area contributed by atoms with E-state index < -0.39 is 0 Å². The van der Waals surface area contributed by atoms with Crippen molar-refractivity contribution in [2.45, 2.75) is 40.5 Å². The maximum Gasteiger partial charge on any atom is -0.0117 e. The predicted octanol–water partition coefficient (Wildman–Crippen LogP) is 4.69. The Kier molecular flexibility index (Phi) is 2.55. The molecule has 0 saturated heterocycles. The number of hydrogen-bond acceptors (Lipinski definition) is 0. The Labute approximate surface area is 110 Å². The minimum absolute atomic E-state index is 1.19. The third kappa shape index (κ3) is 1.68. The monoisotopic (exact) mass is 236 g/mol. The van der Waals surface area contributed by atoms with Crippen LogP contribution in [0.4, 0.5) is 0 Å². The van der Waals surface area contributed by atoms with Crippen LogP contribution in [0, 0.1) is 27.7 Å². The van der Waals surface area contributed by atoms with E-state index in [1.807, 2.05) is 0 Å². The molecule has 1 aliphatic carbocycles. The van der Waals surface area contributed by atoms with Crippen LogP contribution in [-0.2, 0) is 12.8 Å². The molecular formula is C18H20. The molecule has 0 nitrogen and oxygen atoms in total. The van der Waals surface area contributed by atoms with Crippen molar-refractivity contribution in [3.63, 3.8) is 0 Å². The lowest BCUT2D eigenvalue weighted by Crippen LogP contribution is -2.08. The summed E-state index contributed by atoms with van der Waals surface area (Å²) in [7, 11) is 0. The van der Waals surface area contributed by atoms with Gasteiger partial charge in [-0.25, -0.2) is 0 Å². The van der Waals surface area contributed by atoms with Gasteiger partial charge in [-0.2, -0.15) is 0 Å². The molecule has 2 aromatic rings. The van der Waals surface area contributed by atoms with E-state index in [0.29, 0.717) is 0 Å². The third-order valence-corrected chi connectivity index (χ3v) is 4.04. The van der Waals surface area contributed by atoms with Crippen LogP contribution in [0.5, 0.6) is 0 Å². The second-order valence-electron chi connectivity index (χ2n) is 5.73. The molecule has 0 atom stereocenters. The summed E-state index contributed by atoms with van der Waals surface area (Å²) < 4.78 is 0. The van der Waals surface area contributed by atoms with Gasteiger partial charge < -0.3 is 0 Å². The highest BCUT2D eigenvalue weighted by Crippen LogP contribution is 2.39. The molecule has 1 aliphatic rings. The van der Waals surface area contributed by atoms with Crippen molar-refractivity contribution in [1.29, 1.82) is 0 Å². The largest absolute Gasteiger partial charge is 0.0557 e. The zero-order chi connectivity index (χ0) is 12.9. The molecule has 0 spiro atoms. The Morgan fingerprint density at radius 2 is 1.00 bits per heavy atom. The van der Waals surface area contributed by atoms with E-state index in [2.05, 4.69) is 52.0 Å². The molecular weight excluding hydrogens is 216 g/mol. The first kappa shape index (κ1) is 11.5. The minimum Gasteiger partial charge on any atom is -0.0557 e. The topological polar surface area (TPSA) is 0 Å². The standard InChI is InChI=1S/C18H20/c1-11-7-13(3)17-15(9-11)5-6-16-10-12(2)8-14(4)18(16)17/h7-10H,5-6H2,1-4H3. The number of hydrogen-bond donors (Lipinski definition) is 0. The average Bonchev–Trinajstić information content (AvgIpc) is 2.28. The summed E-state index contributed by atoms with van der Waals surface area (Å²) in [6, 6.07) is 9.36. The van der Waals surface area contributed by atoms with Crippen LogP contribution in [0.15, 0.2) is 24.3 Å². The highest BCUT2D eigenvalue weighted by Gasteiger charge is 2.20. The Morgan fingerprint density at radius 1 is 0.611 bits per heavy atom.